The van der Waals surface area contributed by atoms with Crippen molar-refractivity contribution < 1.29 is 0 Å². The molecule has 2 fully saturated rings. The highest BCUT2D eigenvalue weighted by Crippen LogP contribution is 2.58. The van der Waals surface area contributed by atoms with Crippen molar-refractivity contribution in [3.63, 3.8) is 0 Å². The fraction of sp³-hybridized carbons (Fsp3) is 1.00. The van der Waals surface area contributed by atoms with Gasteiger partial charge < -0.3 is 4.90 Å². The van der Waals surface area contributed by atoms with Gasteiger partial charge in [-0.3, -0.25) is 0 Å². The zero-order valence-electron chi connectivity index (χ0n) is 8.85. The lowest BCUT2D eigenvalue weighted by Gasteiger charge is -2.50. The van der Waals surface area contributed by atoms with Crippen LogP contribution in [0.2, 0.25) is 0 Å². The van der Waals surface area contributed by atoms with Crippen LogP contribution in [0.1, 0.15) is 40.0 Å². The van der Waals surface area contributed by atoms with Crippen LogP contribution in [0.25, 0.3) is 0 Å². The van der Waals surface area contributed by atoms with Crippen molar-refractivity contribution in [2.45, 2.75) is 46.1 Å². The molecule has 2 atom stereocenters. The van der Waals surface area contributed by atoms with Gasteiger partial charge in [0, 0.05) is 6.04 Å². The Morgan fingerprint density at radius 3 is 2.42 bits per heavy atom. The van der Waals surface area contributed by atoms with Gasteiger partial charge in [-0.2, -0.15) is 0 Å². The molecule has 1 heteroatoms. The van der Waals surface area contributed by atoms with Crippen LogP contribution in [-0.4, -0.2) is 24.5 Å². The lowest BCUT2D eigenvalue weighted by atomic mass is 9.64. The molecule has 0 amide bonds. The first-order valence-electron chi connectivity index (χ1n) is 5.18. The standard InChI is InChI=1S/C11H21N/c1-10(2)9-5-6-11(10,3)7-8-12(9)4/h9H,5-8H2,1-4H3/t9-,11-/m0/s1. The largest absolute Gasteiger partial charge is 0.303 e. The summed E-state index contributed by atoms with van der Waals surface area (Å²) in [7, 11) is 2.29. The van der Waals surface area contributed by atoms with Gasteiger partial charge in [0.05, 0.1) is 0 Å². The minimum Gasteiger partial charge on any atom is -0.303 e. The summed E-state index contributed by atoms with van der Waals surface area (Å²) in [5.74, 6) is 0. The first kappa shape index (κ1) is 8.55. The van der Waals surface area contributed by atoms with E-state index in [2.05, 4.69) is 32.7 Å². The Morgan fingerprint density at radius 2 is 1.83 bits per heavy atom. The smallest absolute Gasteiger partial charge is 0.0149 e. The van der Waals surface area contributed by atoms with Crippen LogP contribution in [0.4, 0.5) is 0 Å². The molecule has 1 nitrogen and oxygen atoms in total. The number of hydrogen-bond donors (Lipinski definition) is 0. The number of fused-ring (bicyclic) bond motifs is 2. The summed E-state index contributed by atoms with van der Waals surface area (Å²) in [6.07, 6.45) is 4.25. The van der Waals surface area contributed by atoms with E-state index >= 15 is 0 Å². The van der Waals surface area contributed by atoms with E-state index in [1.165, 1.54) is 25.8 Å². The van der Waals surface area contributed by atoms with Gasteiger partial charge in [0.1, 0.15) is 0 Å². The topological polar surface area (TPSA) is 3.24 Å². The fourth-order valence-corrected chi connectivity index (χ4v) is 3.34. The molecule has 0 aromatic carbocycles. The van der Waals surface area contributed by atoms with Crippen molar-refractivity contribution in [3.8, 4) is 0 Å². The van der Waals surface area contributed by atoms with Crippen LogP contribution in [0.3, 0.4) is 0 Å². The molecule has 70 valence electrons. The fourth-order valence-electron chi connectivity index (χ4n) is 3.34. The zero-order chi connectivity index (χ0) is 8.98. The third-order valence-electron chi connectivity index (χ3n) is 4.91. The quantitative estimate of drug-likeness (QED) is 0.536. The van der Waals surface area contributed by atoms with Crippen LogP contribution in [-0.2, 0) is 0 Å². The molecule has 1 saturated carbocycles. The summed E-state index contributed by atoms with van der Waals surface area (Å²) < 4.78 is 0. The monoisotopic (exact) mass is 167 g/mol. The van der Waals surface area contributed by atoms with Crippen LogP contribution in [0.5, 0.6) is 0 Å². The summed E-state index contributed by atoms with van der Waals surface area (Å²) in [5, 5.41) is 0. The van der Waals surface area contributed by atoms with Gasteiger partial charge in [-0.1, -0.05) is 20.8 Å². The zero-order valence-corrected chi connectivity index (χ0v) is 8.85. The second kappa shape index (κ2) is 2.25. The number of rotatable bonds is 0. The highest BCUT2D eigenvalue weighted by Gasteiger charge is 2.54. The second-order valence-electron chi connectivity index (χ2n) is 5.57. The van der Waals surface area contributed by atoms with Gasteiger partial charge in [-0.15, -0.1) is 0 Å². The molecule has 0 aromatic heterocycles. The van der Waals surface area contributed by atoms with Gasteiger partial charge in [0.15, 0.2) is 0 Å². The number of hydrogen-bond acceptors (Lipinski definition) is 1. The van der Waals surface area contributed by atoms with Gasteiger partial charge in [0.25, 0.3) is 0 Å². The lowest BCUT2D eigenvalue weighted by Crippen LogP contribution is -2.51. The molecule has 0 aromatic rings. The normalized spacial score (nSPS) is 46.5. The van der Waals surface area contributed by atoms with E-state index in [9.17, 15) is 0 Å². The van der Waals surface area contributed by atoms with Gasteiger partial charge in [0.2, 0.25) is 0 Å². The molecular weight excluding hydrogens is 146 g/mol. The Morgan fingerprint density at radius 1 is 1.17 bits per heavy atom. The average Bonchev–Trinajstić information content (AvgIpc) is 2.16. The van der Waals surface area contributed by atoms with Gasteiger partial charge >= 0.3 is 0 Å². The van der Waals surface area contributed by atoms with Gasteiger partial charge in [-0.05, 0) is 43.7 Å². The SMILES string of the molecule is CN1CC[C@]2(C)CC[C@H]1C2(C)C. The first-order chi connectivity index (χ1) is 5.47. The Labute approximate surface area is 76.1 Å². The number of likely N-dealkylation sites (tertiary alicyclic amines) is 1. The predicted molar refractivity (Wildman–Crippen MR) is 52.2 cm³/mol. The van der Waals surface area contributed by atoms with Gasteiger partial charge in [-0.25, -0.2) is 0 Å². The molecule has 0 spiro atoms. The van der Waals surface area contributed by atoms with Crippen molar-refractivity contribution in [3.05, 3.63) is 0 Å². The molecular formula is C11H21N. The molecule has 0 unspecified atom stereocenters. The molecule has 1 aliphatic carbocycles. The summed E-state index contributed by atoms with van der Waals surface area (Å²) >= 11 is 0. The average molecular weight is 167 g/mol. The van der Waals surface area contributed by atoms with Crippen LogP contribution >= 0.6 is 0 Å². The molecule has 1 heterocycles. The first-order valence-corrected chi connectivity index (χ1v) is 5.18. The third-order valence-corrected chi connectivity index (χ3v) is 4.91. The summed E-state index contributed by atoms with van der Waals surface area (Å²) in [5.41, 5.74) is 1.17. The molecule has 12 heavy (non-hydrogen) atoms. The summed E-state index contributed by atoms with van der Waals surface area (Å²) in [6, 6.07) is 0.844. The highest BCUT2D eigenvalue weighted by atomic mass is 15.2. The van der Waals surface area contributed by atoms with Crippen LogP contribution in [0, 0.1) is 10.8 Å². The lowest BCUT2D eigenvalue weighted by molar-refractivity contribution is -0.00624. The number of piperidine rings is 1. The Bertz CT molecular complexity index is 197. The van der Waals surface area contributed by atoms with Crippen molar-refractivity contribution in [2.75, 3.05) is 13.6 Å². The molecule has 1 aliphatic heterocycles. The molecule has 2 bridgehead atoms. The summed E-state index contributed by atoms with van der Waals surface area (Å²) in [4.78, 5) is 2.56. The maximum atomic E-state index is 2.56. The van der Waals surface area contributed by atoms with E-state index in [1.54, 1.807) is 0 Å². The van der Waals surface area contributed by atoms with Crippen LogP contribution in [0.15, 0.2) is 0 Å². The number of nitrogens with zero attached hydrogens (tertiary/aromatic N) is 1. The molecule has 1 saturated heterocycles. The molecule has 0 radical (unpaired) electrons. The third kappa shape index (κ3) is 0.834. The van der Waals surface area contributed by atoms with E-state index in [0.717, 1.165) is 6.04 Å². The maximum absolute atomic E-state index is 2.56. The minimum absolute atomic E-state index is 0.542. The maximum Gasteiger partial charge on any atom is 0.0149 e. The van der Waals surface area contributed by atoms with E-state index in [1.807, 2.05) is 0 Å². The molecule has 2 aliphatic rings. The Hall–Kier alpha value is -0.0400. The van der Waals surface area contributed by atoms with Crippen LogP contribution < -0.4 is 0 Å². The molecule has 2 rings (SSSR count). The van der Waals surface area contributed by atoms with E-state index in [0.29, 0.717) is 10.8 Å². The van der Waals surface area contributed by atoms with Crippen molar-refractivity contribution >= 4 is 0 Å². The molecule has 0 N–H and O–H groups in total. The predicted octanol–water partition coefficient (Wildman–Crippen LogP) is 2.52. The van der Waals surface area contributed by atoms with E-state index < -0.39 is 0 Å². The van der Waals surface area contributed by atoms with E-state index in [-0.39, 0.29) is 0 Å². The highest BCUT2D eigenvalue weighted by molar-refractivity contribution is 5.07. The Kier molecular flexibility index (Phi) is 1.61. The summed E-state index contributed by atoms with van der Waals surface area (Å²) in [6.45, 7) is 8.71. The van der Waals surface area contributed by atoms with Crippen molar-refractivity contribution in [2.24, 2.45) is 10.8 Å². The van der Waals surface area contributed by atoms with E-state index in [4.69, 9.17) is 0 Å². The second-order valence-corrected chi connectivity index (χ2v) is 5.57. The van der Waals surface area contributed by atoms with Crippen molar-refractivity contribution in [1.82, 2.24) is 4.90 Å². The van der Waals surface area contributed by atoms with Crippen molar-refractivity contribution in [1.29, 1.82) is 0 Å². The minimum atomic E-state index is 0.542. The Balaban J connectivity index is 2.34.